The Morgan fingerprint density at radius 2 is 1.85 bits per heavy atom. The van der Waals surface area contributed by atoms with Gasteiger partial charge in [0.05, 0.1) is 6.10 Å². The zero-order chi connectivity index (χ0) is 14.6. The number of halogens is 3. The van der Waals surface area contributed by atoms with Crippen LogP contribution in [0.25, 0.3) is 0 Å². The number of hydrogen-bond acceptors (Lipinski definition) is 3. The molecule has 1 aliphatic rings. The highest BCUT2D eigenvalue weighted by Crippen LogP contribution is 2.27. The quantitative estimate of drug-likeness (QED) is 0.868. The zero-order valence-corrected chi connectivity index (χ0v) is 11.2. The molecular formula is C14H18F3NO2. The van der Waals surface area contributed by atoms with Gasteiger partial charge in [-0.2, -0.15) is 13.2 Å². The molecular weight excluding hydrogens is 271 g/mol. The van der Waals surface area contributed by atoms with Crippen LogP contribution in [0.2, 0.25) is 0 Å². The first-order chi connectivity index (χ1) is 9.46. The van der Waals surface area contributed by atoms with Gasteiger partial charge in [0.1, 0.15) is 5.75 Å². The van der Waals surface area contributed by atoms with Crippen LogP contribution in [-0.2, 0) is 4.74 Å². The molecule has 1 saturated carbocycles. The summed E-state index contributed by atoms with van der Waals surface area (Å²) in [4.78, 5) is 0. The fraction of sp³-hybridized carbons (Fsp3) is 0.571. The highest BCUT2D eigenvalue weighted by atomic mass is 19.4. The van der Waals surface area contributed by atoms with E-state index >= 15 is 0 Å². The van der Waals surface area contributed by atoms with Crippen molar-refractivity contribution in [1.29, 1.82) is 0 Å². The van der Waals surface area contributed by atoms with Crippen molar-refractivity contribution in [2.24, 2.45) is 0 Å². The molecule has 1 fully saturated rings. The third-order valence-electron chi connectivity index (χ3n) is 3.12. The molecule has 1 aliphatic carbocycles. The molecule has 0 spiro atoms. The first-order valence-corrected chi connectivity index (χ1v) is 6.64. The van der Waals surface area contributed by atoms with Crippen molar-refractivity contribution in [3.8, 4) is 5.75 Å². The molecule has 0 heterocycles. The number of rotatable bonds is 6. The maximum Gasteiger partial charge on any atom is 0.422 e. The predicted octanol–water partition coefficient (Wildman–Crippen LogP) is 3.61. The topological polar surface area (TPSA) is 30.5 Å². The lowest BCUT2D eigenvalue weighted by molar-refractivity contribution is -0.153. The maximum absolute atomic E-state index is 12.0. The van der Waals surface area contributed by atoms with Gasteiger partial charge in [0.25, 0.3) is 0 Å². The molecule has 0 aromatic heterocycles. The van der Waals surface area contributed by atoms with Gasteiger partial charge in [-0.15, -0.1) is 0 Å². The first-order valence-electron chi connectivity index (χ1n) is 6.64. The Balaban J connectivity index is 1.75. The summed E-state index contributed by atoms with van der Waals surface area (Å²) in [6.45, 7) is 1.43. The van der Waals surface area contributed by atoms with Gasteiger partial charge in [-0.3, -0.25) is 0 Å². The molecule has 0 saturated heterocycles. The van der Waals surface area contributed by atoms with Gasteiger partial charge >= 0.3 is 6.18 Å². The van der Waals surface area contributed by atoms with E-state index in [1.165, 1.54) is 12.1 Å². The zero-order valence-electron chi connectivity index (χ0n) is 11.2. The summed E-state index contributed by atoms with van der Waals surface area (Å²) in [6, 6.07) is 6.88. The van der Waals surface area contributed by atoms with E-state index < -0.39 is 12.8 Å². The minimum absolute atomic E-state index is 0.216. The van der Waals surface area contributed by atoms with Crippen molar-refractivity contribution < 1.29 is 22.6 Å². The van der Waals surface area contributed by atoms with Crippen LogP contribution >= 0.6 is 0 Å². The second kappa shape index (κ2) is 6.35. The van der Waals surface area contributed by atoms with Crippen LogP contribution in [-0.4, -0.2) is 31.5 Å². The van der Waals surface area contributed by atoms with E-state index in [1.807, 2.05) is 6.92 Å². The van der Waals surface area contributed by atoms with Gasteiger partial charge in [-0.1, -0.05) is 0 Å². The predicted molar refractivity (Wildman–Crippen MR) is 70.1 cm³/mol. The second-order valence-electron chi connectivity index (χ2n) is 4.82. The largest absolute Gasteiger partial charge is 0.484 e. The van der Waals surface area contributed by atoms with Crippen molar-refractivity contribution >= 4 is 5.69 Å². The van der Waals surface area contributed by atoms with Crippen LogP contribution in [0, 0.1) is 0 Å². The number of anilines is 1. The van der Waals surface area contributed by atoms with E-state index in [-0.39, 0.29) is 5.75 Å². The molecule has 6 heteroatoms. The van der Waals surface area contributed by atoms with Crippen LogP contribution < -0.4 is 10.1 Å². The van der Waals surface area contributed by atoms with Gasteiger partial charge in [-0.25, -0.2) is 0 Å². The Bertz CT molecular complexity index is 413. The van der Waals surface area contributed by atoms with Crippen molar-refractivity contribution in [2.45, 2.75) is 38.1 Å². The number of hydrogen-bond donors (Lipinski definition) is 1. The molecule has 2 rings (SSSR count). The summed E-state index contributed by atoms with van der Waals surface area (Å²) >= 11 is 0. The van der Waals surface area contributed by atoms with E-state index in [2.05, 4.69) is 10.1 Å². The molecule has 1 aromatic rings. The van der Waals surface area contributed by atoms with Crippen LogP contribution in [0.15, 0.2) is 24.3 Å². The number of ether oxygens (including phenoxy) is 2. The Morgan fingerprint density at radius 1 is 1.20 bits per heavy atom. The number of alkyl halides is 3. The first kappa shape index (κ1) is 15.0. The SMILES string of the molecule is CCOC1CC(Nc2ccc(OCC(F)(F)F)cc2)C1. The normalized spacial score (nSPS) is 22.2. The molecule has 1 N–H and O–H groups in total. The lowest BCUT2D eigenvalue weighted by Gasteiger charge is -2.36. The maximum atomic E-state index is 12.0. The Kier molecular flexibility index (Phi) is 4.75. The molecule has 20 heavy (non-hydrogen) atoms. The molecule has 3 nitrogen and oxygen atoms in total. The summed E-state index contributed by atoms with van der Waals surface area (Å²) in [5.74, 6) is 0.216. The van der Waals surface area contributed by atoms with Crippen LogP contribution in [0.1, 0.15) is 19.8 Å². The Morgan fingerprint density at radius 3 is 2.40 bits per heavy atom. The third kappa shape index (κ3) is 4.59. The molecule has 0 unspecified atom stereocenters. The average Bonchev–Trinajstić information content (AvgIpc) is 2.34. The summed E-state index contributed by atoms with van der Waals surface area (Å²) in [5, 5.41) is 3.31. The minimum atomic E-state index is -4.31. The number of benzene rings is 1. The smallest absolute Gasteiger partial charge is 0.422 e. The van der Waals surface area contributed by atoms with E-state index in [0.29, 0.717) is 12.1 Å². The molecule has 0 atom stereocenters. The van der Waals surface area contributed by atoms with Crippen molar-refractivity contribution in [3.05, 3.63) is 24.3 Å². The van der Waals surface area contributed by atoms with Crippen LogP contribution in [0.4, 0.5) is 18.9 Å². The third-order valence-corrected chi connectivity index (χ3v) is 3.12. The fourth-order valence-electron chi connectivity index (χ4n) is 2.10. The monoisotopic (exact) mass is 289 g/mol. The number of nitrogens with one attached hydrogen (secondary N) is 1. The van der Waals surface area contributed by atoms with Gasteiger partial charge in [0.2, 0.25) is 0 Å². The summed E-state index contributed by atoms with van der Waals surface area (Å²) in [6.07, 6.45) is -2.07. The molecule has 1 aromatic carbocycles. The molecule has 0 aliphatic heterocycles. The molecule has 112 valence electrons. The van der Waals surface area contributed by atoms with Crippen molar-refractivity contribution in [2.75, 3.05) is 18.5 Å². The van der Waals surface area contributed by atoms with Crippen LogP contribution in [0.5, 0.6) is 5.75 Å². The fourth-order valence-corrected chi connectivity index (χ4v) is 2.10. The van der Waals surface area contributed by atoms with Gasteiger partial charge < -0.3 is 14.8 Å². The van der Waals surface area contributed by atoms with Crippen molar-refractivity contribution in [1.82, 2.24) is 0 Å². The van der Waals surface area contributed by atoms with Gasteiger partial charge in [0, 0.05) is 18.3 Å². The molecule has 0 amide bonds. The van der Waals surface area contributed by atoms with E-state index in [9.17, 15) is 13.2 Å². The summed E-state index contributed by atoms with van der Waals surface area (Å²) in [5.41, 5.74) is 0.879. The Hall–Kier alpha value is -1.43. The highest BCUT2D eigenvalue weighted by molar-refractivity contribution is 5.47. The Labute approximate surface area is 116 Å². The van der Waals surface area contributed by atoms with E-state index in [1.54, 1.807) is 12.1 Å². The molecule has 0 bridgehead atoms. The van der Waals surface area contributed by atoms with Crippen molar-refractivity contribution in [3.63, 3.8) is 0 Å². The van der Waals surface area contributed by atoms with Crippen LogP contribution in [0.3, 0.4) is 0 Å². The average molecular weight is 289 g/mol. The summed E-state index contributed by atoms with van der Waals surface area (Å²) < 4.78 is 46.1. The van der Waals surface area contributed by atoms with E-state index in [0.717, 1.165) is 25.1 Å². The molecule has 0 radical (unpaired) electrons. The lowest BCUT2D eigenvalue weighted by atomic mass is 9.89. The van der Waals surface area contributed by atoms with Gasteiger partial charge in [-0.05, 0) is 44.0 Å². The standard InChI is InChI=1S/C14H18F3NO2/c1-2-19-13-7-11(8-13)18-10-3-5-12(6-4-10)20-9-14(15,16)17/h3-6,11,13,18H,2,7-9H2,1H3. The van der Waals surface area contributed by atoms with Gasteiger partial charge in [0.15, 0.2) is 6.61 Å². The second-order valence-corrected chi connectivity index (χ2v) is 4.82. The minimum Gasteiger partial charge on any atom is -0.484 e. The summed E-state index contributed by atoms with van der Waals surface area (Å²) in [7, 11) is 0. The van der Waals surface area contributed by atoms with E-state index in [4.69, 9.17) is 4.74 Å². The lowest BCUT2D eigenvalue weighted by Crippen LogP contribution is -2.40. The highest BCUT2D eigenvalue weighted by Gasteiger charge is 2.29.